The topological polar surface area (TPSA) is 54.5 Å². The van der Waals surface area contributed by atoms with E-state index in [1.807, 2.05) is 6.92 Å². The minimum atomic E-state index is -0.0629. The Morgan fingerprint density at radius 2 is 2.45 bits per heavy atom. The number of halogens is 1. The smallest absolute Gasteiger partial charge is 0.255 e. The minimum absolute atomic E-state index is 0.0611. The summed E-state index contributed by atoms with van der Waals surface area (Å²) in [5.41, 5.74) is 0.495. The molecule has 0 aliphatic carbocycles. The molecule has 1 N–H and O–H groups in total. The number of nitrogens with one attached hydrogen (secondary N) is 1. The fourth-order valence-corrected chi connectivity index (χ4v) is 2.31. The average Bonchev–Trinajstić information content (AvgIpc) is 2.45. The van der Waals surface area contributed by atoms with Gasteiger partial charge in [0.15, 0.2) is 0 Å². The highest BCUT2D eigenvalue weighted by molar-refractivity contribution is 6.33. The monoisotopic (exact) mass is 297 g/mol. The fourth-order valence-electron chi connectivity index (χ4n) is 2.13. The van der Waals surface area contributed by atoms with E-state index in [1.54, 1.807) is 11.0 Å². The summed E-state index contributed by atoms with van der Waals surface area (Å²) in [6, 6.07) is 1.72. The van der Waals surface area contributed by atoms with Crippen molar-refractivity contribution in [1.82, 2.24) is 9.88 Å². The molecule has 1 atom stereocenters. The highest BCUT2D eigenvalue weighted by atomic mass is 35.5. The quantitative estimate of drug-likeness (QED) is 0.927. The molecule has 2 heterocycles. The highest BCUT2D eigenvalue weighted by Gasteiger charge is 2.24. The van der Waals surface area contributed by atoms with Crippen LogP contribution in [-0.2, 0) is 4.74 Å². The number of carbonyl (C=O) groups is 1. The van der Waals surface area contributed by atoms with Crippen molar-refractivity contribution in [3.63, 3.8) is 0 Å². The van der Waals surface area contributed by atoms with Crippen molar-refractivity contribution in [1.29, 1.82) is 0 Å². The standard InChI is InChI=1S/C14H20ClN3O2/c1-3-4-16-13-7-11(12(15)8-17-13)14(19)18-5-6-20-10(2)9-18/h7-8,10H,3-6,9H2,1-2H3,(H,16,17). The maximum Gasteiger partial charge on any atom is 0.255 e. The predicted molar refractivity (Wildman–Crippen MR) is 79.3 cm³/mol. The number of anilines is 1. The van der Waals surface area contributed by atoms with E-state index in [0.29, 0.717) is 36.1 Å². The first-order chi connectivity index (χ1) is 9.61. The lowest BCUT2D eigenvalue weighted by Crippen LogP contribution is -2.44. The number of hydrogen-bond donors (Lipinski definition) is 1. The molecule has 1 aromatic heterocycles. The molecule has 1 amide bonds. The number of nitrogens with zero attached hydrogens (tertiary/aromatic N) is 2. The molecule has 6 heteroatoms. The van der Waals surface area contributed by atoms with Crippen molar-refractivity contribution in [2.24, 2.45) is 0 Å². The lowest BCUT2D eigenvalue weighted by molar-refractivity contribution is -0.0124. The van der Waals surface area contributed by atoms with Gasteiger partial charge in [-0.2, -0.15) is 0 Å². The van der Waals surface area contributed by atoms with Crippen molar-refractivity contribution in [2.75, 3.05) is 31.6 Å². The number of morpholine rings is 1. The van der Waals surface area contributed by atoms with Crippen LogP contribution >= 0.6 is 11.6 Å². The first kappa shape index (κ1) is 15.1. The predicted octanol–water partition coefficient (Wildman–Crippen LogP) is 2.42. The number of carbonyl (C=O) groups excluding carboxylic acids is 1. The Labute approximate surface area is 124 Å². The van der Waals surface area contributed by atoms with E-state index in [9.17, 15) is 4.79 Å². The molecule has 1 unspecified atom stereocenters. The van der Waals surface area contributed by atoms with Crippen LogP contribution in [-0.4, -0.2) is 48.1 Å². The zero-order valence-corrected chi connectivity index (χ0v) is 12.6. The van der Waals surface area contributed by atoms with Gasteiger partial charge in [0, 0.05) is 25.8 Å². The van der Waals surface area contributed by atoms with Crippen LogP contribution in [0.25, 0.3) is 0 Å². The van der Waals surface area contributed by atoms with Crippen LogP contribution in [0, 0.1) is 0 Å². The Morgan fingerprint density at radius 3 is 3.15 bits per heavy atom. The van der Waals surface area contributed by atoms with Gasteiger partial charge in [0.05, 0.1) is 23.3 Å². The summed E-state index contributed by atoms with van der Waals surface area (Å²) >= 11 is 6.11. The van der Waals surface area contributed by atoms with Crippen molar-refractivity contribution < 1.29 is 9.53 Å². The molecule has 0 saturated carbocycles. The first-order valence-electron chi connectivity index (χ1n) is 6.92. The van der Waals surface area contributed by atoms with Gasteiger partial charge >= 0.3 is 0 Å². The lowest BCUT2D eigenvalue weighted by Gasteiger charge is -2.31. The molecule has 1 aromatic rings. The summed E-state index contributed by atoms with van der Waals surface area (Å²) in [5, 5.41) is 3.55. The van der Waals surface area contributed by atoms with Crippen molar-refractivity contribution >= 4 is 23.3 Å². The van der Waals surface area contributed by atoms with Crippen molar-refractivity contribution in [2.45, 2.75) is 26.4 Å². The zero-order chi connectivity index (χ0) is 14.5. The molecule has 1 fully saturated rings. The molecule has 110 valence electrons. The number of aromatic nitrogens is 1. The third kappa shape index (κ3) is 3.61. The second kappa shape index (κ2) is 6.90. The largest absolute Gasteiger partial charge is 0.375 e. The van der Waals surface area contributed by atoms with Crippen LogP contribution in [0.3, 0.4) is 0 Å². The number of rotatable bonds is 4. The summed E-state index contributed by atoms with van der Waals surface area (Å²) in [7, 11) is 0. The summed E-state index contributed by atoms with van der Waals surface area (Å²) < 4.78 is 5.45. The Kier molecular flexibility index (Phi) is 5.20. The average molecular weight is 298 g/mol. The molecule has 0 bridgehead atoms. The maximum absolute atomic E-state index is 12.5. The molecule has 5 nitrogen and oxygen atoms in total. The fraction of sp³-hybridized carbons (Fsp3) is 0.571. The third-order valence-electron chi connectivity index (χ3n) is 3.17. The van der Waals surface area contributed by atoms with Gasteiger partial charge in [-0.05, 0) is 19.4 Å². The van der Waals surface area contributed by atoms with E-state index < -0.39 is 0 Å². The zero-order valence-electron chi connectivity index (χ0n) is 11.9. The van der Waals surface area contributed by atoms with Gasteiger partial charge in [-0.15, -0.1) is 0 Å². The second-order valence-electron chi connectivity index (χ2n) is 4.91. The van der Waals surface area contributed by atoms with Gasteiger partial charge < -0.3 is 15.0 Å². The normalized spacial score (nSPS) is 18.9. The van der Waals surface area contributed by atoms with E-state index >= 15 is 0 Å². The summed E-state index contributed by atoms with van der Waals surface area (Å²) in [5.74, 6) is 0.619. The van der Waals surface area contributed by atoms with Crippen molar-refractivity contribution in [3.05, 3.63) is 22.8 Å². The lowest BCUT2D eigenvalue weighted by atomic mass is 10.2. The van der Waals surface area contributed by atoms with Crippen LogP contribution in [0.5, 0.6) is 0 Å². The van der Waals surface area contributed by atoms with Crippen LogP contribution in [0.2, 0.25) is 5.02 Å². The number of amides is 1. The molecule has 2 rings (SSSR count). The molecule has 1 saturated heterocycles. The Bertz CT molecular complexity index is 481. The van der Waals surface area contributed by atoms with E-state index in [0.717, 1.165) is 13.0 Å². The van der Waals surface area contributed by atoms with Crippen LogP contribution in [0.15, 0.2) is 12.3 Å². The SMILES string of the molecule is CCCNc1cc(C(=O)N2CCOC(C)C2)c(Cl)cn1. The highest BCUT2D eigenvalue weighted by Crippen LogP contribution is 2.21. The molecular weight excluding hydrogens is 278 g/mol. The second-order valence-corrected chi connectivity index (χ2v) is 5.32. The van der Waals surface area contributed by atoms with Gasteiger partial charge in [0.2, 0.25) is 0 Å². The van der Waals surface area contributed by atoms with Gasteiger partial charge in [0.25, 0.3) is 5.91 Å². The van der Waals surface area contributed by atoms with Gasteiger partial charge in [-0.1, -0.05) is 18.5 Å². The Hall–Kier alpha value is -1.33. The number of pyridine rings is 1. The first-order valence-corrected chi connectivity index (χ1v) is 7.30. The summed E-state index contributed by atoms with van der Waals surface area (Å²) in [6.45, 7) is 6.61. The summed E-state index contributed by atoms with van der Waals surface area (Å²) in [6.07, 6.45) is 2.58. The molecule has 1 aliphatic heterocycles. The van der Waals surface area contributed by atoms with Crippen LogP contribution in [0.4, 0.5) is 5.82 Å². The van der Waals surface area contributed by atoms with Gasteiger partial charge in [0.1, 0.15) is 5.82 Å². The van der Waals surface area contributed by atoms with Gasteiger partial charge in [-0.25, -0.2) is 4.98 Å². The number of ether oxygens (including phenoxy) is 1. The van der Waals surface area contributed by atoms with Crippen LogP contribution < -0.4 is 5.32 Å². The van der Waals surface area contributed by atoms with Crippen molar-refractivity contribution in [3.8, 4) is 0 Å². The Balaban J connectivity index is 2.15. The van der Waals surface area contributed by atoms with Crippen LogP contribution in [0.1, 0.15) is 30.6 Å². The minimum Gasteiger partial charge on any atom is -0.375 e. The maximum atomic E-state index is 12.5. The van der Waals surface area contributed by atoms with E-state index in [-0.39, 0.29) is 12.0 Å². The molecule has 0 spiro atoms. The van der Waals surface area contributed by atoms with E-state index in [4.69, 9.17) is 16.3 Å². The molecule has 0 aromatic carbocycles. The molecular formula is C14H20ClN3O2. The molecule has 20 heavy (non-hydrogen) atoms. The number of hydrogen-bond acceptors (Lipinski definition) is 4. The van der Waals surface area contributed by atoms with E-state index in [1.165, 1.54) is 6.20 Å². The Morgan fingerprint density at radius 1 is 1.65 bits per heavy atom. The third-order valence-corrected chi connectivity index (χ3v) is 3.47. The molecule has 0 radical (unpaired) electrons. The summed E-state index contributed by atoms with van der Waals surface area (Å²) in [4.78, 5) is 18.5. The van der Waals surface area contributed by atoms with Gasteiger partial charge in [-0.3, -0.25) is 4.79 Å². The molecule has 1 aliphatic rings. The van der Waals surface area contributed by atoms with E-state index in [2.05, 4.69) is 17.2 Å².